The van der Waals surface area contributed by atoms with Crippen molar-refractivity contribution in [3.05, 3.63) is 23.8 Å². The molecule has 2 amide bonds. The average molecular weight is 565 g/mol. The molecule has 11 nitrogen and oxygen atoms in total. The monoisotopic (exact) mass is 564 g/mol. The Morgan fingerprint density at radius 1 is 1.02 bits per heavy atom. The highest BCUT2D eigenvalue weighted by atomic mass is 16.6. The SMILES string of the molecule is C=CCC1=C(C)[C@@]2(C(=O)OC)CO[C@H](C(C)(C)C)N2C1=O.COC(=O)[C@@H]1CO[C@H](C(C)(C)C)N1C(=O)CC(C)=O. The van der Waals surface area contributed by atoms with Crippen LogP contribution in [-0.4, -0.2) is 90.8 Å². The molecular weight excluding hydrogens is 520 g/mol. The van der Waals surface area contributed by atoms with Gasteiger partial charge in [0, 0.05) is 16.4 Å². The number of fused-ring (bicyclic) bond motifs is 1. The van der Waals surface area contributed by atoms with Gasteiger partial charge in [-0.05, 0) is 25.8 Å². The molecule has 0 aromatic heterocycles. The van der Waals surface area contributed by atoms with E-state index in [0.717, 1.165) is 0 Å². The molecule has 0 bridgehead atoms. The molecule has 0 radical (unpaired) electrons. The van der Waals surface area contributed by atoms with Crippen LogP contribution in [0.2, 0.25) is 0 Å². The molecule has 3 rings (SSSR count). The summed E-state index contributed by atoms with van der Waals surface area (Å²) in [6.45, 7) is 18.8. The summed E-state index contributed by atoms with van der Waals surface area (Å²) in [7, 11) is 2.60. The zero-order valence-electron chi connectivity index (χ0n) is 25.4. The normalized spacial score (nSPS) is 26.2. The van der Waals surface area contributed by atoms with Gasteiger partial charge >= 0.3 is 11.9 Å². The highest BCUT2D eigenvalue weighted by molar-refractivity contribution is 6.06. The van der Waals surface area contributed by atoms with E-state index in [1.807, 2.05) is 48.5 Å². The van der Waals surface area contributed by atoms with Crippen LogP contribution in [0.15, 0.2) is 23.8 Å². The van der Waals surface area contributed by atoms with Gasteiger partial charge in [-0.15, -0.1) is 6.58 Å². The number of allylic oxidation sites excluding steroid dienone is 1. The van der Waals surface area contributed by atoms with Crippen molar-refractivity contribution in [3.8, 4) is 0 Å². The number of amides is 2. The molecule has 0 unspecified atom stereocenters. The van der Waals surface area contributed by atoms with Crippen LogP contribution in [0.3, 0.4) is 0 Å². The Bertz CT molecular complexity index is 1080. The predicted octanol–water partition coefficient (Wildman–Crippen LogP) is 2.77. The number of nitrogens with zero attached hydrogens (tertiary/aromatic N) is 2. The predicted molar refractivity (Wildman–Crippen MR) is 145 cm³/mol. The van der Waals surface area contributed by atoms with Crippen LogP contribution in [0.25, 0.3) is 0 Å². The van der Waals surface area contributed by atoms with Gasteiger partial charge in [0.15, 0.2) is 11.6 Å². The molecule has 3 aliphatic heterocycles. The van der Waals surface area contributed by atoms with Crippen LogP contribution in [-0.2, 0) is 42.9 Å². The van der Waals surface area contributed by atoms with Crippen LogP contribution >= 0.6 is 0 Å². The summed E-state index contributed by atoms with van der Waals surface area (Å²) in [6, 6.07) is -0.777. The minimum Gasteiger partial charge on any atom is -0.467 e. The van der Waals surface area contributed by atoms with E-state index in [2.05, 4.69) is 11.3 Å². The van der Waals surface area contributed by atoms with E-state index < -0.39 is 41.9 Å². The van der Waals surface area contributed by atoms with E-state index in [-0.39, 0.29) is 42.2 Å². The number of ketones is 1. The minimum absolute atomic E-state index is 0.0955. The number of hydrogen-bond donors (Lipinski definition) is 0. The lowest BCUT2D eigenvalue weighted by atomic mass is 9.89. The molecule has 2 fully saturated rings. The van der Waals surface area contributed by atoms with E-state index in [1.54, 1.807) is 11.0 Å². The molecule has 0 aliphatic carbocycles. The summed E-state index contributed by atoms with van der Waals surface area (Å²) >= 11 is 0. The lowest BCUT2D eigenvalue weighted by Crippen LogP contribution is -2.56. The first-order chi connectivity index (χ1) is 18.4. The van der Waals surface area contributed by atoms with Crippen molar-refractivity contribution in [1.82, 2.24) is 9.80 Å². The van der Waals surface area contributed by atoms with Crippen molar-refractivity contribution in [1.29, 1.82) is 0 Å². The summed E-state index contributed by atoms with van der Waals surface area (Å²) in [4.78, 5) is 63.1. The zero-order valence-corrected chi connectivity index (χ0v) is 25.4. The first-order valence-electron chi connectivity index (χ1n) is 13.2. The number of carbonyl (C=O) groups is 5. The van der Waals surface area contributed by atoms with Crippen LogP contribution in [0.1, 0.15) is 68.2 Å². The third-order valence-corrected chi connectivity index (χ3v) is 7.16. The maximum atomic E-state index is 12.8. The zero-order chi connectivity index (χ0) is 30.8. The number of hydrogen-bond acceptors (Lipinski definition) is 9. The molecule has 2 saturated heterocycles. The Morgan fingerprint density at radius 3 is 2.05 bits per heavy atom. The second kappa shape index (κ2) is 12.2. The lowest BCUT2D eigenvalue weighted by molar-refractivity contribution is -0.157. The van der Waals surface area contributed by atoms with E-state index in [4.69, 9.17) is 14.2 Å². The third-order valence-electron chi connectivity index (χ3n) is 7.16. The van der Waals surface area contributed by atoms with Gasteiger partial charge in [0.2, 0.25) is 5.91 Å². The van der Waals surface area contributed by atoms with Crippen molar-refractivity contribution < 1.29 is 42.9 Å². The molecule has 11 heteroatoms. The molecule has 0 spiro atoms. The number of Topliss-reactive ketones (excluding diaryl/α,β-unsaturated/α-hetero) is 1. The Morgan fingerprint density at radius 2 is 1.60 bits per heavy atom. The summed E-state index contributed by atoms with van der Waals surface area (Å²) in [5, 5.41) is 0. The molecule has 0 aromatic carbocycles. The van der Waals surface area contributed by atoms with E-state index in [0.29, 0.717) is 17.6 Å². The molecular formula is C29H44N2O9. The van der Waals surface area contributed by atoms with Gasteiger partial charge in [-0.25, -0.2) is 9.59 Å². The Labute approximate surface area is 236 Å². The number of esters is 2. The number of methoxy groups -OCH3 is 2. The number of carbonyl (C=O) groups excluding carboxylic acids is 5. The third kappa shape index (κ3) is 6.15. The highest BCUT2D eigenvalue weighted by Gasteiger charge is 2.64. The maximum Gasteiger partial charge on any atom is 0.338 e. The second-order valence-electron chi connectivity index (χ2n) is 12.4. The largest absolute Gasteiger partial charge is 0.467 e. The first-order valence-corrected chi connectivity index (χ1v) is 13.2. The van der Waals surface area contributed by atoms with Crippen LogP contribution in [0.4, 0.5) is 0 Å². The summed E-state index contributed by atoms with van der Waals surface area (Å²) in [6.07, 6.45) is 0.890. The van der Waals surface area contributed by atoms with Crippen molar-refractivity contribution in [2.75, 3.05) is 27.4 Å². The smallest absolute Gasteiger partial charge is 0.338 e. The van der Waals surface area contributed by atoms with Crippen LogP contribution < -0.4 is 0 Å². The average Bonchev–Trinajstić information content (AvgIpc) is 3.53. The molecule has 224 valence electrons. The van der Waals surface area contributed by atoms with Crippen molar-refractivity contribution in [2.45, 2.75) is 92.3 Å². The van der Waals surface area contributed by atoms with Gasteiger partial charge in [0.1, 0.15) is 18.2 Å². The fourth-order valence-electron chi connectivity index (χ4n) is 5.27. The summed E-state index contributed by atoms with van der Waals surface area (Å²) in [5.41, 5.74) is -0.439. The van der Waals surface area contributed by atoms with Gasteiger partial charge < -0.3 is 18.9 Å². The summed E-state index contributed by atoms with van der Waals surface area (Å²) in [5.74, 6) is -1.77. The van der Waals surface area contributed by atoms with Crippen molar-refractivity contribution in [2.24, 2.45) is 10.8 Å². The molecule has 40 heavy (non-hydrogen) atoms. The van der Waals surface area contributed by atoms with Crippen LogP contribution in [0, 0.1) is 10.8 Å². The van der Waals surface area contributed by atoms with Gasteiger partial charge in [-0.3, -0.25) is 24.2 Å². The molecule has 3 aliphatic rings. The van der Waals surface area contributed by atoms with E-state index >= 15 is 0 Å². The number of ether oxygens (including phenoxy) is 4. The minimum atomic E-state index is -1.12. The molecule has 4 atom stereocenters. The second-order valence-corrected chi connectivity index (χ2v) is 12.4. The first kappa shape index (κ1) is 33.2. The van der Waals surface area contributed by atoms with E-state index in [1.165, 1.54) is 26.0 Å². The van der Waals surface area contributed by atoms with Gasteiger partial charge in [-0.1, -0.05) is 47.6 Å². The topological polar surface area (TPSA) is 129 Å². The molecule has 0 saturated carbocycles. The van der Waals surface area contributed by atoms with Crippen molar-refractivity contribution >= 4 is 29.5 Å². The summed E-state index contributed by atoms with van der Waals surface area (Å²) < 4.78 is 21.0. The quantitative estimate of drug-likeness (QED) is 0.272. The number of rotatable bonds is 6. The Hall–Kier alpha value is -3.05. The lowest BCUT2D eigenvalue weighted by Gasteiger charge is -2.37. The van der Waals surface area contributed by atoms with Gasteiger partial charge in [0.05, 0.1) is 33.9 Å². The van der Waals surface area contributed by atoms with Gasteiger partial charge in [-0.2, -0.15) is 0 Å². The molecule has 0 aromatic rings. The van der Waals surface area contributed by atoms with Crippen LogP contribution in [0.5, 0.6) is 0 Å². The van der Waals surface area contributed by atoms with E-state index in [9.17, 15) is 24.0 Å². The fraction of sp³-hybridized carbons (Fsp3) is 0.690. The molecule has 0 N–H and O–H groups in total. The fourth-order valence-corrected chi connectivity index (χ4v) is 5.27. The standard InChI is InChI=1S/C16H23NO4.C13H21NO5/c1-7-8-11-10(2)16(14(19)20-6)9-21-13(15(3,4)5)17(16)12(11)18;1-8(15)6-10(16)14-9(11(17)18-5)7-19-12(14)13(2,3)4/h7,13H,1,8-9H2,2-6H3;9,12H,6-7H2,1-5H3/t13-,16-;9-,12+/m10/s1. The molecule has 3 heterocycles. The Kier molecular flexibility index (Phi) is 10.1. The maximum absolute atomic E-state index is 12.8. The van der Waals surface area contributed by atoms with Crippen molar-refractivity contribution in [3.63, 3.8) is 0 Å². The Balaban J connectivity index is 0.000000282. The van der Waals surface area contributed by atoms with Gasteiger partial charge in [0.25, 0.3) is 5.91 Å². The highest BCUT2D eigenvalue weighted by Crippen LogP contribution is 2.47.